The first-order valence-electron chi connectivity index (χ1n) is 15.5. The number of nitrogens with two attached hydrogens (primary N) is 1. The number of hydrogen-bond acceptors (Lipinski definition) is 3. The zero-order chi connectivity index (χ0) is 27.0. The van der Waals surface area contributed by atoms with Crippen LogP contribution in [0.5, 0.6) is 0 Å². The van der Waals surface area contributed by atoms with Crippen LogP contribution in [-0.4, -0.2) is 30.3 Å². The van der Waals surface area contributed by atoms with E-state index in [1.165, 1.54) is 57.8 Å². The molecule has 2 aliphatic carbocycles. The number of nitrogens with one attached hydrogen (secondary N) is 1. The van der Waals surface area contributed by atoms with Crippen LogP contribution in [0, 0.1) is 11.8 Å². The summed E-state index contributed by atoms with van der Waals surface area (Å²) in [6.07, 6.45) is 22.3. The number of hydrogen-bond donors (Lipinski definition) is 2. The Morgan fingerprint density at radius 1 is 1.00 bits per heavy atom. The van der Waals surface area contributed by atoms with Crippen LogP contribution in [0.2, 0.25) is 5.31 Å². The summed E-state index contributed by atoms with van der Waals surface area (Å²) < 4.78 is 0. The van der Waals surface area contributed by atoms with Crippen molar-refractivity contribution < 1.29 is 4.79 Å². The highest BCUT2D eigenvalue weighted by Crippen LogP contribution is 2.48. The molecular formula is C33H50BN3O. The van der Waals surface area contributed by atoms with E-state index in [1.54, 1.807) is 6.20 Å². The summed E-state index contributed by atoms with van der Waals surface area (Å²) in [4.78, 5) is 17.9. The summed E-state index contributed by atoms with van der Waals surface area (Å²) >= 11 is 0. The summed E-state index contributed by atoms with van der Waals surface area (Å²) in [5, 5.41) is 5.20. The number of aromatic nitrogens is 1. The van der Waals surface area contributed by atoms with Gasteiger partial charge >= 0.3 is 0 Å². The molecule has 0 aliphatic heterocycles. The fourth-order valence-electron chi connectivity index (χ4n) is 7.07. The minimum absolute atomic E-state index is 0.00158. The molecule has 1 amide bonds. The van der Waals surface area contributed by atoms with Gasteiger partial charge < -0.3 is 11.1 Å². The van der Waals surface area contributed by atoms with E-state index in [1.807, 2.05) is 30.5 Å². The first-order chi connectivity index (χ1) is 18.3. The number of carbonyl (C=O) groups is 1. The average Bonchev–Trinajstić information content (AvgIpc) is 3.08. The maximum absolute atomic E-state index is 13.7. The normalized spacial score (nSPS) is 25.9. The van der Waals surface area contributed by atoms with Gasteiger partial charge in [0.1, 0.15) is 0 Å². The lowest BCUT2D eigenvalue weighted by Gasteiger charge is -2.48. The van der Waals surface area contributed by atoms with Gasteiger partial charge in [0.25, 0.3) is 5.91 Å². The van der Waals surface area contributed by atoms with Crippen molar-refractivity contribution in [3.05, 3.63) is 42.2 Å². The van der Waals surface area contributed by atoms with Crippen molar-refractivity contribution >= 4 is 24.5 Å². The van der Waals surface area contributed by atoms with Gasteiger partial charge in [0, 0.05) is 34.9 Å². The van der Waals surface area contributed by atoms with Gasteiger partial charge in [-0.05, 0) is 66.9 Å². The number of carbonyl (C=O) groups excluding carboxylic acids is 1. The van der Waals surface area contributed by atoms with Crippen molar-refractivity contribution in [2.24, 2.45) is 17.6 Å². The van der Waals surface area contributed by atoms with Gasteiger partial charge in [0.05, 0.1) is 7.85 Å². The van der Waals surface area contributed by atoms with E-state index >= 15 is 0 Å². The van der Waals surface area contributed by atoms with Gasteiger partial charge in [-0.1, -0.05) is 96.5 Å². The zero-order valence-corrected chi connectivity index (χ0v) is 24.0. The van der Waals surface area contributed by atoms with Crippen molar-refractivity contribution in [1.82, 2.24) is 10.3 Å². The van der Waals surface area contributed by atoms with E-state index in [-0.39, 0.29) is 11.9 Å². The van der Waals surface area contributed by atoms with E-state index in [2.05, 4.69) is 24.1 Å². The summed E-state index contributed by atoms with van der Waals surface area (Å²) in [6, 6.07) is 7.89. The highest BCUT2D eigenvalue weighted by Gasteiger charge is 2.43. The smallest absolute Gasteiger partial charge is 0.251 e. The predicted octanol–water partition coefficient (Wildman–Crippen LogP) is 7.90. The molecular weight excluding hydrogens is 465 g/mol. The van der Waals surface area contributed by atoms with Crippen LogP contribution in [-0.2, 0) is 0 Å². The predicted molar refractivity (Wildman–Crippen MR) is 161 cm³/mol. The number of benzene rings is 1. The topological polar surface area (TPSA) is 68.0 Å². The van der Waals surface area contributed by atoms with Gasteiger partial charge in [-0.15, -0.1) is 0 Å². The fraction of sp³-hybridized carbons (Fsp3) is 0.697. The first kappa shape index (κ1) is 29.1. The first-order valence-corrected chi connectivity index (χ1v) is 15.5. The molecule has 1 heterocycles. The van der Waals surface area contributed by atoms with Crippen molar-refractivity contribution in [1.29, 1.82) is 0 Å². The Hall–Kier alpha value is -1.88. The Kier molecular flexibility index (Phi) is 10.3. The molecule has 2 aromatic rings. The lowest BCUT2D eigenvalue weighted by Crippen LogP contribution is -2.55. The van der Waals surface area contributed by atoms with Crippen LogP contribution in [0.1, 0.15) is 127 Å². The fourth-order valence-corrected chi connectivity index (χ4v) is 7.07. The lowest BCUT2D eigenvalue weighted by molar-refractivity contribution is 0.0894. The largest absolute Gasteiger partial charge is 0.349 e. The lowest BCUT2D eigenvalue weighted by atomic mass is 9.51. The molecule has 4 atom stereocenters. The molecule has 0 spiro atoms. The van der Waals surface area contributed by atoms with Crippen LogP contribution in [0.3, 0.4) is 0 Å². The van der Waals surface area contributed by atoms with Gasteiger partial charge in [0.2, 0.25) is 0 Å². The molecule has 2 aliphatic rings. The standard InChI is InChI=1S/C33H50BN3O/c1-25-12-7-8-14-26(15-11-13-25)30(23-32(2,35)33(34)19-9-5-3-4-6-10-20-33)37-31(38)28-16-17-29-24-36-21-18-27(29)22-28/h16-18,21-22,24-26,30H,3-15,19-20,23,35H2,1-2H3,(H,37,38). The highest BCUT2D eigenvalue weighted by molar-refractivity contribution is 6.16. The molecule has 5 heteroatoms. The molecule has 4 rings (SSSR count). The third-order valence-corrected chi connectivity index (χ3v) is 9.86. The summed E-state index contributed by atoms with van der Waals surface area (Å²) in [5.41, 5.74) is 7.39. The molecule has 0 bridgehead atoms. The summed E-state index contributed by atoms with van der Waals surface area (Å²) in [6.45, 7) is 4.56. The van der Waals surface area contributed by atoms with Crippen LogP contribution in [0.25, 0.3) is 10.8 Å². The Morgan fingerprint density at radius 2 is 1.66 bits per heavy atom. The molecule has 2 fully saturated rings. The number of fused-ring (bicyclic) bond motifs is 1. The molecule has 4 unspecified atom stereocenters. The van der Waals surface area contributed by atoms with Crippen molar-refractivity contribution in [3.8, 4) is 0 Å². The SMILES string of the molecule is [B]C1(C(C)(N)CC(NC(=O)c2ccc3cnccc3c2)C2CCCCC(C)CCC2)CCCCCCCC1. The van der Waals surface area contributed by atoms with E-state index in [4.69, 9.17) is 13.6 Å². The zero-order valence-electron chi connectivity index (χ0n) is 24.0. The van der Waals surface area contributed by atoms with E-state index in [0.29, 0.717) is 11.5 Å². The minimum Gasteiger partial charge on any atom is -0.349 e. The second kappa shape index (κ2) is 13.5. The molecule has 2 saturated carbocycles. The maximum Gasteiger partial charge on any atom is 0.251 e. The highest BCUT2D eigenvalue weighted by atomic mass is 16.1. The van der Waals surface area contributed by atoms with E-state index < -0.39 is 10.9 Å². The Balaban J connectivity index is 1.58. The number of pyridine rings is 1. The molecule has 2 radical (unpaired) electrons. The summed E-state index contributed by atoms with van der Waals surface area (Å²) in [5.74, 6) is 1.22. The maximum atomic E-state index is 13.7. The van der Waals surface area contributed by atoms with Crippen molar-refractivity contribution in [2.75, 3.05) is 0 Å². The number of nitrogens with zero attached hydrogens (tertiary/aromatic N) is 1. The minimum atomic E-state index is -0.546. The summed E-state index contributed by atoms with van der Waals surface area (Å²) in [7, 11) is 7.21. The van der Waals surface area contributed by atoms with Gasteiger partial charge in [0.15, 0.2) is 0 Å². The van der Waals surface area contributed by atoms with Crippen molar-refractivity contribution in [3.63, 3.8) is 0 Å². The molecule has 38 heavy (non-hydrogen) atoms. The van der Waals surface area contributed by atoms with Crippen molar-refractivity contribution in [2.45, 2.75) is 133 Å². The third-order valence-electron chi connectivity index (χ3n) is 9.86. The number of rotatable bonds is 6. The van der Waals surface area contributed by atoms with Crippen LogP contribution < -0.4 is 11.1 Å². The second-order valence-corrected chi connectivity index (χ2v) is 13.0. The molecule has 4 nitrogen and oxygen atoms in total. The average molecular weight is 516 g/mol. The number of amides is 1. The quantitative estimate of drug-likeness (QED) is 0.384. The molecule has 206 valence electrons. The molecule has 1 aromatic heterocycles. The second-order valence-electron chi connectivity index (χ2n) is 13.0. The van der Waals surface area contributed by atoms with Crippen LogP contribution in [0.15, 0.2) is 36.7 Å². The Bertz CT molecular complexity index is 1030. The van der Waals surface area contributed by atoms with E-state index in [9.17, 15) is 4.79 Å². The van der Waals surface area contributed by atoms with Crippen LogP contribution in [0.4, 0.5) is 0 Å². The van der Waals surface area contributed by atoms with E-state index in [0.717, 1.165) is 61.6 Å². The van der Waals surface area contributed by atoms with Gasteiger partial charge in [-0.3, -0.25) is 9.78 Å². The van der Waals surface area contributed by atoms with Gasteiger partial charge in [-0.25, -0.2) is 0 Å². The van der Waals surface area contributed by atoms with Gasteiger partial charge in [-0.2, -0.15) is 0 Å². The molecule has 1 aromatic carbocycles. The molecule has 0 saturated heterocycles. The Morgan fingerprint density at radius 3 is 2.42 bits per heavy atom. The third kappa shape index (κ3) is 7.61. The Labute approximate surface area is 232 Å². The van der Waals surface area contributed by atoms with Crippen LogP contribution >= 0.6 is 0 Å². The molecule has 3 N–H and O–H groups in total. The monoisotopic (exact) mass is 515 g/mol.